The van der Waals surface area contributed by atoms with Gasteiger partial charge in [0.2, 0.25) is 0 Å². The fourth-order valence-electron chi connectivity index (χ4n) is 1.60. The second-order valence-corrected chi connectivity index (χ2v) is 5.04. The lowest BCUT2D eigenvalue weighted by molar-refractivity contribution is 0.270. The molecule has 3 heteroatoms. The van der Waals surface area contributed by atoms with Crippen molar-refractivity contribution in [2.75, 3.05) is 14.1 Å². The monoisotopic (exact) mass is 198 g/mol. The molecule has 2 N–H and O–H groups in total. The molecule has 0 saturated carbocycles. The van der Waals surface area contributed by atoms with Gasteiger partial charge in [-0.1, -0.05) is 0 Å². The van der Waals surface area contributed by atoms with E-state index < -0.39 is 0 Å². The molecular weight excluding hydrogens is 180 g/mol. The average Bonchev–Trinajstić information content (AvgIpc) is 2.34. The smallest absolute Gasteiger partial charge is 0.0585 e. The number of nitrogens with two attached hydrogens (primary N) is 1. The summed E-state index contributed by atoms with van der Waals surface area (Å²) < 4.78 is 0. The SMILES string of the molecule is Cc1ccc(C(C(C)N)N(C)C)s1. The van der Waals surface area contributed by atoms with E-state index in [1.54, 1.807) is 0 Å². The fourth-order valence-corrected chi connectivity index (χ4v) is 2.79. The summed E-state index contributed by atoms with van der Waals surface area (Å²) in [7, 11) is 4.14. The van der Waals surface area contributed by atoms with Crippen LogP contribution in [0, 0.1) is 6.92 Å². The molecule has 0 radical (unpaired) electrons. The number of hydrogen-bond donors (Lipinski definition) is 1. The van der Waals surface area contributed by atoms with Crippen LogP contribution in [-0.2, 0) is 0 Å². The zero-order valence-corrected chi connectivity index (χ0v) is 9.56. The van der Waals surface area contributed by atoms with E-state index in [0.717, 1.165) is 0 Å². The maximum atomic E-state index is 5.94. The molecule has 0 aliphatic heterocycles. The van der Waals surface area contributed by atoms with E-state index in [1.807, 2.05) is 11.3 Å². The molecule has 0 amide bonds. The van der Waals surface area contributed by atoms with E-state index in [-0.39, 0.29) is 6.04 Å². The van der Waals surface area contributed by atoms with Crippen LogP contribution in [-0.4, -0.2) is 25.0 Å². The molecule has 0 bridgehead atoms. The summed E-state index contributed by atoms with van der Waals surface area (Å²) in [5, 5.41) is 0. The molecule has 0 aromatic carbocycles. The van der Waals surface area contributed by atoms with Crippen molar-refractivity contribution >= 4 is 11.3 Å². The van der Waals surface area contributed by atoms with Crippen LogP contribution in [0.3, 0.4) is 0 Å². The van der Waals surface area contributed by atoms with Crippen LogP contribution in [0.4, 0.5) is 0 Å². The quantitative estimate of drug-likeness (QED) is 0.805. The van der Waals surface area contributed by atoms with Crippen LogP contribution < -0.4 is 5.73 Å². The van der Waals surface area contributed by atoms with Gasteiger partial charge in [0.1, 0.15) is 0 Å². The largest absolute Gasteiger partial charge is 0.326 e. The minimum atomic E-state index is 0.174. The highest BCUT2D eigenvalue weighted by Gasteiger charge is 2.19. The first-order chi connectivity index (χ1) is 6.02. The molecule has 1 heterocycles. The zero-order chi connectivity index (χ0) is 10.0. The van der Waals surface area contributed by atoms with Crippen LogP contribution in [0.15, 0.2) is 12.1 Å². The van der Waals surface area contributed by atoms with Crippen LogP contribution in [0.2, 0.25) is 0 Å². The van der Waals surface area contributed by atoms with Gasteiger partial charge in [0.25, 0.3) is 0 Å². The molecule has 13 heavy (non-hydrogen) atoms. The van der Waals surface area contributed by atoms with E-state index in [9.17, 15) is 0 Å². The Hall–Kier alpha value is -0.380. The van der Waals surface area contributed by atoms with Crippen LogP contribution in [0.1, 0.15) is 22.7 Å². The standard InChI is InChI=1S/C10H18N2S/c1-7-5-6-9(13-7)10(8(2)11)12(3)4/h5-6,8,10H,11H2,1-4H3. The van der Waals surface area contributed by atoms with E-state index in [1.165, 1.54) is 9.75 Å². The normalized spacial score (nSPS) is 16.2. The highest BCUT2D eigenvalue weighted by molar-refractivity contribution is 7.12. The van der Waals surface area contributed by atoms with Gasteiger partial charge in [-0.2, -0.15) is 0 Å². The maximum absolute atomic E-state index is 5.94. The molecule has 0 spiro atoms. The Morgan fingerprint density at radius 3 is 2.31 bits per heavy atom. The van der Waals surface area contributed by atoms with Gasteiger partial charge in [0.15, 0.2) is 0 Å². The van der Waals surface area contributed by atoms with Gasteiger partial charge in [0.05, 0.1) is 6.04 Å². The molecule has 2 unspecified atom stereocenters. The van der Waals surface area contributed by atoms with Crippen molar-refractivity contribution in [3.8, 4) is 0 Å². The van der Waals surface area contributed by atoms with Crippen molar-refractivity contribution in [1.82, 2.24) is 4.90 Å². The first kappa shape index (κ1) is 10.7. The Balaban J connectivity index is 2.88. The van der Waals surface area contributed by atoms with Gasteiger partial charge >= 0.3 is 0 Å². The predicted molar refractivity (Wildman–Crippen MR) is 59.1 cm³/mol. The average molecular weight is 198 g/mol. The van der Waals surface area contributed by atoms with E-state index in [4.69, 9.17) is 5.73 Å². The second kappa shape index (κ2) is 4.22. The molecular formula is C10H18N2S. The third-order valence-electron chi connectivity index (χ3n) is 2.11. The zero-order valence-electron chi connectivity index (χ0n) is 8.74. The molecule has 2 atom stereocenters. The lowest BCUT2D eigenvalue weighted by Crippen LogP contribution is -2.34. The molecule has 2 nitrogen and oxygen atoms in total. The number of nitrogens with zero attached hydrogens (tertiary/aromatic N) is 1. The summed E-state index contributed by atoms with van der Waals surface area (Å²) in [6, 6.07) is 4.85. The minimum Gasteiger partial charge on any atom is -0.326 e. The summed E-state index contributed by atoms with van der Waals surface area (Å²) >= 11 is 1.83. The maximum Gasteiger partial charge on any atom is 0.0585 e. The van der Waals surface area contributed by atoms with E-state index >= 15 is 0 Å². The summed E-state index contributed by atoms with van der Waals surface area (Å²) in [5.41, 5.74) is 5.94. The molecule has 0 fully saturated rings. The number of likely N-dealkylation sites (N-methyl/N-ethyl adjacent to an activating group) is 1. The summed E-state index contributed by atoms with van der Waals surface area (Å²) in [4.78, 5) is 4.88. The molecule has 1 rings (SSSR count). The van der Waals surface area contributed by atoms with Crippen LogP contribution in [0.25, 0.3) is 0 Å². The topological polar surface area (TPSA) is 29.3 Å². The Kier molecular flexibility index (Phi) is 3.47. The van der Waals surface area contributed by atoms with E-state index in [2.05, 4.69) is 45.0 Å². The lowest BCUT2D eigenvalue weighted by atomic mass is 10.1. The molecule has 0 aliphatic rings. The van der Waals surface area contributed by atoms with Crippen molar-refractivity contribution in [2.45, 2.75) is 25.9 Å². The van der Waals surface area contributed by atoms with Gasteiger partial charge in [-0.3, -0.25) is 0 Å². The van der Waals surface area contributed by atoms with Gasteiger partial charge in [-0.05, 0) is 40.1 Å². The third kappa shape index (κ3) is 2.53. The molecule has 0 saturated heterocycles. The van der Waals surface area contributed by atoms with Gasteiger partial charge in [-0.25, -0.2) is 0 Å². The second-order valence-electron chi connectivity index (χ2n) is 3.72. The van der Waals surface area contributed by atoms with Gasteiger partial charge < -0.3 is 10.6 Å². The van der Waals surface area contributed by atoms with Crippen LogP contribution >= 0.6 is 11.3 Å². The Morgan fingerprint density at radius 2 is 2.00 bits per heavy atom. The van der Waals surface area contributed by atoms with Crippen molar-refractivity contribution < 1.29 is 0 Å². The Bertz CT molecular complexity index is 258. The number of thiophene rings is 1. The fraction of sp³-hybridized carbons (Fsp3) is 0.600. The first-order valence-corrected chi connectivity index (χ1v) is 5.32. The third-order valence-corrected chi connectivity index (χ3v) is 3.18. The van der Waals surface area contributed by atoms with Gasteiger partial charge in [-0.15, -0.1) is 11.3 Å². The predicted octanol–water partition coefficient (Wildman–Crippen LogP) is 2.01. The lowest BCUT2D eigenvalue weighted by Gasteiger charge is -2.26. The number of hydrogen-bond acceptors (Lipinski definition) is 3. The van der Waals surface area contributed by atoms with Gasteiger partial charge in [0, 0.05) is 15.8 Å². The Morgan fingerprint density at radius 1 is 1.38 bits per heavy atom. The van der Waals surface area contributed by atoms with E-state index in [0.29, 0.717) is 6.04 Å². The highest BCUT2D eigenvalue weighted by Crippen LogP contribution is 2.27. The summed E-state index contributed by atoms with van der Waals surface area (Å²) in [6.07, 6.45) is 0. The number of aryl methyl sites for hydroxylation is 1. The first-order valence-electron chi connectivity index (χ1n) is 4.50. The highest BCUT2D eigenvalue weighted by atomic mass is 32.1. The van der Waals surface area contributed by atoms with Crippen molar-refractivity contribution in [2.24, 2.45) is 5.73 Å². The minimum absolute atomic E-state index is 0.174. The van der Waals surface area contributed by atoms with Crippen LogP contribution in [0.5, 0.6) is 0 Å². The summed E-state index contributed by atoms with van der Waals surface area (Å²) in [5.74, 6) is 0. The number of rotatable bonds is 3. The molecule has 0 aliphatic carbocycles. The van der Waals surface area contributed by atoms with Crippen molar-refractivity contribution in [3.63, 3.8) is 0 Å². The Labute approximate surface area is 84.4 Å². The van der Waals surface area contributed by atoms with Crippen molar-refractivity contribution in [3.05, 3.63) is 21.9 Å². The molecule has 1 aromatic heterocycles. The molecule has 1 aromatic rings. The van der Waals surface area contributed by atoms with Crippen molar-refractivity contribution in [1.29, 1.82) is 0 Å². The molecule has 74 valence electrons. The summed E-state index contributed by atoms with van der Waals surface area (Å²) in [6.45, 7) is 4.18.